The first-order valence-electron chi connectivity index (χ1n) is 6.18. The van der Waals surface area contributed by atoms with Crippen LogP contribution in [0.3, 0.4) is 0 Å². The van der Waals surface area contributed by atoms with Crippen LogP contribution < -0.4 is 10.6 Å². The van der Waals surface area contributed by atoms with Gasteiger partial charge < -0.3 is 10.6 Å². The molecule has 1 aromatic carbocycles. The third-order valence-corrected chi connectivity index (χ3v) is 3.33. The second-order valence-electron chi connectivity index (χ2n) is 4.56. The second kappa shape index (κ2) is 5.18. The zero-order chi connectivity index (χ0) is 13.2. The molecule has 1 aliphatic rings. The highest BCUT2D eigenvalue weighted by Crippen LogP contribution is 2.39. The van der Waals surface area contributed by atoms with Gasteiger partial charge in [-0.15, -0.1) is 0 Å². The Bertz CT molecular complexity index is 409. The molecule has 2 nitrogen and oxygen atoms in total. The van der Waals surface area contributed by atoms with Crippen LogP contribution in [0.4, 0.5) is 18.9 Å². The van der Waals surface area contributed by atoms with Gasteiger partial charge in [-0.1, -0.05) is 12.1 Å². The molecule has 0 radical (unpaired) electrons. The molecule has 0 saturated carbocycles. The number of halogens is 3. The summed E-state index contributed by atoms with van der Waals surface area (Å²) in [6, 6.07) is 4.66. The lowest BCUT2D eigenvalue weighted by molar-refractivity contribution is -0.137. The molecule has 0 aliphatic carbocycles. The first-order valence-corrected chi connectivity index (χ1v) is 6.18. The van der Waals surface area contributed by atoms with Gasteiger partial charge in [0.1, 0.15) is 0 Å². The van der Waals surface area contributed by atoms with Gasteiger partial charge in [0.25, 0.3) is 0 Å². The Morgan fingerprint density at radius 1 is 1.11 bits per heavy atom. The van der Waals surface area contributed by atoms with Crippen molar-refractivity contribution in [2.45, 2.75) is 32.0 Å². The molecule has 1 heterocycles. The molecule has 2 rings (SSSR count). The van der Waals surface area contributed by atoms with Crippen LogP contribution >= 0.6 is 0 Å². The summed E-state index contributed by atoms with van der Waals surface area (Å²) in [5.41, 5.74) is 5.32. The maximum Gasteiger partial charge on any atom is 0.418 e. The summed E-state index contributed by atoms with van der Waals surface area (Å²) in [5, 5.41) is 0. The fourth-order valence-electron chi connectivity index (χ4n) is 2.48. The van der Waals surface area contributed by atoms with Crippen LogP contribution in [-0.2, 0) is 12.7 Å². The van der Waals surface area contributed by atoms with Crippen LogP contribution in [0.1, 0.15) is 30.4 Å². The average Bonchev–Trinajstić information content (AvgIpc) is 2.38. The Hall–Kier alpha value is -1.23. The quantitative estimate of drug-likeness (QED) is 0.883. The Kier molecular flexibility index (Phi) is 3.80. The van der Waals surface area contributed by atoms with Crippen molar-refractivity contribution >= 4 is 5.69 Å². The van der Waals surface area contributed by atoms with Gasteiger partial charge in [0.2, 0.25) is 0 Å². The fraction of sp³-hybridized carbons (Fsp3) is 0.538. The molecule has 2 N–H and O–H groups in total. The van der Waals surface area contributed by atoms with E-state index in [-0.39, 0.29) is 17.8 Å². The normalized spacial score (nSPS) is 17.0. The van der Waals surface area contributed by atoms with Crippen LogP contribution in [0.15, 0.2) is 18.2 Å². The molecule has 5 heteroatoms. The summed E-state index contributed by atoms with van der Waals surface area (Å²) in [5.74, 6) is 0. The Morgan fingerprint density at radius 2 is 1.78 bits per heavy atom. The second-order valence-corrected chi connectivity index (χ2v) is 4.56. The maximum atomic E-state index is 13.2. The summed E-state index contributed by atoms with van der Waals surface area (Å²) in [7, 11) is 0. The van der Waals surface area contributed by atoms with Gasteiger partial charge in [-0.3, -0.25) is 0 Å². The van der Waals surface area contributed by atoms with Crippen molar-refractivity contribution in [2.24, 2.45) is 5.73 Å². The molecule has 1 saturated heterocycles. The minimum atomic E-state index is -4.34. The van der Waals surface area contributed by atoms with E-state index in [4.69, 9.17) is 5.73 Å². The molecule has 1 aromatic rings. The van der Waals surface area contributed by atoms with Gasteiger partial charge in [-0.2, -0.15) is 13.2 Å². The number of piperidine rings is 1. The van der Waals surface area contributed by atoms with Crippen molar-refractivity contribution in [3.05, 3.63) is 29.3 Å². The predicted molar refractivity (Wildman–Crippen MR) is 65.4 cm³/mol. The van der Waals surface area contributed by atoms with Gasteiger partial charge in [0, 0.05) is 25.3 Å². The smallest absolute Gasteiger partial charge is 0.371 e. The van der Waals surface area contributed by atoms with E-state index >= 15 is 0 Å². The van der Waals surface area contributed by atoms with Crippen LogP contribution in [0.25, 0.3) is 0 Å². The molecule has 100 valence electrons. The Balaban J connectivity index is 2.45. The van der Waals surface area contributed by atoms with E-state index in [1.54, 1.807) is 12.1 Å². The molecule has 0 unspecified atom stereocenters. The SMILES string of the molecule is NCc1cccc(N2CCCCC2)c1C(F)(F)F. The fourth-order valence-corrected chi connectivity index (χ4v) is 2.48. The minimum Gasteiger partial charge on any atom is -0.371 e. The standard InChI is InChI=1S/C13H17F3N2/c14-13(15,16)12-10(9-17)5-4-6-11(12)18-7-2-1-3-8-18/h4-6H,1-3,7-9,17H2. The van der Waals surface area contributed by atoms with Gasteiger partial charge in [0.15, 0.2) is 0 Å². The molecule has 1 fully saturated rings. The number of anilines is 1. The molecular weight excluding hydrogens is 241 g/mol. The van der Waals surface area contributed by atoms with E-state index in [1.165, 1.54) is 6.07 Å². The summed E-state index contributed by atoms with van der Waals surface area (Å²) >= 11 is 0. The topological polar surface area (TPSA) is 29.3 Å². The first kappa shape index (κ1) is 13.2. The number of rotatable bonds is 2. The number of alkyl halides is 3. The van der Waals surface area contributed by atoms with Crippen LogP contribution in [-0.4, -0.2) is 13.1 Å². The molecule has 0 bridgehead atoms. The molecule has 0 atom stereocenters. The number of benzene rings is 1. The highest BCUT2D eigenvalue weighted by molar-refractivity contribution is 5.58. The average molecular weight is 258 g/mol. The van der Waals surface area contributed by atoms with Crippen LogP contribution in [0.2, 0.25) is 0 Å². The summed E-state index contributed by atoms with van der Waals surface area (Å²) in [6.07, 6.45) is -1.36. The number of hydrogen-bond acceptors (Lipinski definition) is 2. The molecule has 18 heavy (non-hydrogen) atoms. The van der Waals surface area contributed by atoms with E-state index in [0.717, 1.165) is 19.3 Å². The van der Waals surface area contributed by atoms with Crippen molar-refractivity contribution in [1.82, 2.24) is 0 Å². The lowest BCUT2D eigenvalue weighted by Crippen LogP contribution is -2.32. The van der Waals surface area contributed by atoms with E-state index in [2.05, 4.69) is 0 Å². The highest BCUT2D eigenvalue weighted by atomic mass is 19.4. The Labute approximate surface area is 105 Å². The molecule has 1 aliphatic heterocycles. The highest BCUT2D eigenvalue weighted by Gasteiger charge is 2.37. The van der Waals surface area contributed by atoms with Crippen LogP contribution in [0.5, 0.6) is 0 Å². The van der Waals surface area contributed by atoms with E-state index in [1.807, 2.05) is 4.90 Å². The summed E-state index contributed by atoms with van der Waals surface area (Å²) in [6.45, 7) is 1.30. The zero-order valence-corrected chi connectivity index (χ0v) is 10.1. The molecule has 0 amide bonds. The molecular formula is C13H17F3N2. The maximum absolute atomic E-state index is 13.2. The lowest BCUT2D eigenvalue weighted by atomic mass is 10.0. The minimum absolute atomic E-state index is 0.0868. The molecule has 0 spiro atoms. The Morgan fingerprint density at radius 3 is 2.33 bits per heavy atom. The van der Waals surface area contributed by atoms with Gasteiger partial charge in [0.05, 0.1) is 5.56 Å². The van der Waals surface area contributed by atoms with Crippen molar-refractivity contribution in [3.8, 4) is 0 Å². The lowest BCUT2D eigenvalue weighted by Gasteiger charge is -2.31. The zero-order valence-electron chi connectivity index (χ0n) is 10.1. The van der Waals surface area contributed by atoms with Crippen LogP contribution in [0, 0.1) is 0 Å². The number of hydrogen-bond donors (Lipinski definition) is 1. The van der Waals surface area contributed by atoms with Gasteiger partial charge >= 0.3 is 6.18 Å². The summed E-state index contributed by atoms with van der Waals surface area (Å²) < 4.78 is 39.5. The summed E-state index contributed by atoms with van der Waals surface area (Å²) in [4.78, 5) is 1.82. The monoisotopic (exact) mass is 258 g/mol. The first-order chi connectivity index (χ1) is 8.54. The largest absolute Gasteiger partial charge is 0.418 e. The van der Waals surface area contributed by atoms with E-state index in [0.29, 0.717) is 13.1 Å². The predicted octanol–water partition coefficient (Wildman–Crippen LogP) is 3.15. The third-order valence-electron chi connectivity index (χ3n) is 3.33. The molecule has 0 aromatic heterocycles. The van der Waals surface area contributed by atoms with Gasteiger partial charge in [-0.25, -0.2) is 0 Å². The van der Waals surface area contributed by atoms with Crippen molar-refractivity contribution in [3.63, 3.8) is 0 Å². The van der Waals surface area contributed by atoms with Crippen molar-refractivity contribution in [2.75, 3.05) is 18.0 Å². The van der Waals surface area contributed by atoms with Gasteiger partial charge in [-0.05, 0) is 30.9 Å². The number of nitrogens with two attached hydrogens (primary N) is 1. The number of nitrogens with zero attached hydrogens (tertiary/aromatic N) is 1. The van der Waals surface area contributed by atoms with E-state index < -0.39 is 11.7 Å². The van der Waals surface area contributed by atoms with Crippen molar-refractivity contribution in [1.29, 1.82) is 0 Å². The van der Waals surface area contributed by atoms with Crippen molar-refractivity contribution < 1.29 is 13.2 Å². The van der Waals surface area contributed by atoms with E-state index in [9.17, 15) is 13.2 Å². The third kappa shape index (κ3) is 2.61.